The number of hydrogen-bond acceptors (Lipinski definition) is 3. The summed E-state index contributed by atoms with van der Waals surface area (Å²) >= 11 is 0. The summed E-state index contributed by atoms with van der Waals surface area (Å²) in [5.41, 5.74) is 0.349. The summed E-state index contributed by atoms with van der Waals surface area (Å²) in [5, 5.41) is 0.438. The zero-order valence-electron chi connectivity index (χ0n) is 20.0. The average molecular weight is 512 g/mol. The van der Waals surface area contributed by atoms with Gasteiger partial charge in [0.15, 0.2) is 0 Å². The molecule has 4 rings (SSSR count). The first-order chi connectivity index (χ1) is 16.7. The molecule has 0 aliphatic carbocycles. The highest BCUT2D eigenvalue weighted by atomic mass is 19.4. The summed E-state index contributed by atoms with van der Waals surface area (Å²) in [4.78, 5) is 13.9. The molecule has 1 aliphatic heterocycles. The Labute approximate surface area is 204 Å². The molecule has 36 heavy (non-hydrogen) atoms. The molecule has 3 aromatic rings. The van der Waals surface area contributed by atoms with Crippen molar-refractivity contribution in [3.05, 3.63) is 64.3 Å². The molecule has 1 fully saturated rings. The van der Waals surface area contributed by atoms with Crippen molar-refractivity contribution in [2.45, 2.75) is 39.1 Å². The molecule has 1 aliphatic rings. The van der Waals surface area contributed by atoms with Crippen LogP contribution in [-0.2, 0) is 13.6 Å². The molecule has 4 nitrogen and oxygen atoms in total. The molecule has 2 aromatic carbocycles. The second-order valence-corrected chi connectivity index (χ2v) is 9.63. The third-order valence-electron chi connectivity index (χ3n) is 6.68. The summed E-state index contributed by atoms with van der Waals surface area (Å²) < 4.78 is 88.4. The standard InChI is InChI=1S/C26H26F6N2O2/c1-15(2)22-8-9-34(14-25(22,28)29)12-17-5-4-16(10-23(17)36-26(30,31)32)21-13-33(3)24(35)20-11-18(27)6-7-19(20)21/h4-7,10-11,13,15,22H,8-9,12,14H2,1-3H3. The molecule has 0 amide bonds. The summed E-state index contributed by atoms with van der Waals surface area (Å²) in [6.45, 7) is 3.09. The Kier molecular flexibility index (Phi) is 6.85. The molecule has 194 valence electrons. The molecule has 0 radical (unpaired) electrons. The van der Waals surface area contributed by atoms with E-state index >= 15 is 0 Å². The van der Waals surface area contributed by atoms with Gasteiger partial charge in [-0.2, -0.15) is 0 Å². The van der Waals surface area contributed by atoms with Crippen LogP contribution in [0.3, 0.4) is 0 Å². The lowest BCUT2D eigenvalue weighted by Crippen LogP contribution is -2.49. The van der Waals surface area contributed by atoms with Gasteiger partial charge >= 0.3 is 6.36 Å². The lowest BCUT2D eigenvalue weighted by atomic mass is 9.83. The topological polar surface area (TPSA) is 34.5 Å². The number of hydrogen-bond donors (Lipinski definition) is 0. The number of rotatable bonds is 5. The van der Waals surface area contributed by atoms with E-state index in [1.54, 1.807) is 19.9 Å². The maximum atomic E-state index is 14.7. The molecule has 1 saturated heterocycles. The van der Waals surface area contributed by atoms with Crippen molar-refractivity contribution < 1.29 is 31.1 Å². The number of aromatic nitrogens is 1. The van der Waals surface area contributed by atoms with Crippen molar-refractivity contribution in [1.82, 2.24) is 9.47 Å². The van der Waals surface area contributed by atoms with E-state index in [-0.39, 0.29) is 29.8 Å². The molecule has 1 aromatic heterocycles. The van der Waals surface area contributed by atoms with Crippen LogP contribution in [0.25, 0.3) is 21.9 Å². The molecular weight excluding hydrogens is 486 g/mol. The molecule has 1 atom stereocenters. The summed E-state index contributed by atoms with van der Waals surface area (Å²) in [6, 6.07) is 7.74. The first kappa shape index (κ1) is 26.1. The van der Waals surface area contributed by atoms with Crippen LogP contribution >= 0.6 is 0 Å². The summed E-state index contributed by atoms with van der Waals surface area (Å²) in [6.07, 6.45) is -3.32. The normalized spacial score (nSPS) is 18.7. The molecule has 0 spiro atoms. The van der Waals surface area contributed by atoms with Crippen LogP contribution in [0.5, 0.6) is 5.75 Å². The zero-order valence-corrected chi connectivity index (χ0v) is 20.0. The highest BCUT2D eigenvalue weighted by Crippen LogP contribution is 2.39. The van der Waals surface area contributed by atoms with Crippen molar-refractivity contribution in [1.29, 1.82) is 0 Å². The van der Waals surface area contributed by atoms with Crippen LogP contribution in [0.4, 0.5) is 26.3 Å². The molecule has 0 saturated carbocycles. The largest absolute Gasteiger partial charge is 0.573 e. The molecule has 10 heteroatoms. The molecule has 0 bridgehead atoms. The fourth-order valence-electron chi connectivity index (χ4n) is 4.97. The molecule has 1 unspecified atom stereocenters. The molecule has 2 heterocycles. The Bertz CT molecular complexity index is 1330. The fourth-order valence-corrected chi connectivity index (χ4v) is 4.97. The minimum absolute atomic E-state index is 0.0765. The monoisotopic (exact) mass is 512 g/mol. The minimum atomic E-state index is -5.00. The highest BCUT2D eigenvalue weighted by molar-refractivity contribution is 5.96. The van der Waals surface area contributed by atoms with Crippen LogP contribution in [0.15, 0.2) is 47.4 Å². The van der Waals surface area contributed by atoms with E-state index in [9.17, 15) is 31.1 Å². The lowest BCUT2D eigenvalue weighted by molar-refractivity contribution is -0.275. The molecular formula is C26H26F6N2O2. The van der Waals surface area contributed by atoms with Gasteiger partial charge in [-0.25, -0.2) is 13.2 Å². The average Bonchev–Trinajstić information content (AvgIpc) is 2.75. The van der Waals surface area contributed by atoms with Crippen molar-refractivity contribution >= 4 is 10.8 Å². The predicted molar refractivity (Wildman–Crippen MR) is 124 cm³/mol. The van der Waals surface area contributed by atoms with E-state index in [0.29, 0.717) is 23.1 Å². The third kappa shape index (κ3) is 5.38. The van der Waals surface area contributed by atoms with Crippen molar-refractivity contribution in [3.63, 3.8) is 0 Å². The van der Waals surface area contributed by atoms with E-state index < -0.39 is 41.9 Å². The van der Waals surface area contributed by atoms with Gasteiger partial charge in [-0.05, 0) is 48.0 Å². The van der Waals surface area contributed by atoms with E-state index in [2.05, 4.69) is 4.74 Å². The number of likely N-dealkylation sites (tertiary alicyclic amines) is 1. The maximum absolute atomic E-state index is 14.7. The maximum Gasteiger partial charge on any atom is 0.573 e. The minimum Gasteiger partial charge on any atom is -0.405 e. The highest BCUT2D eigenvalue weighted by Gasteiger charge is 2.45. The smallest absolute Gasteiger partial charge is 0.405 e. The fraction of sp³-hybridized carbons (Fsp3) is 0.423. The number of nitrogens with zero attached hydrogens (tertiary/aromatic N) is 2. The second-order valence-electron chi connectivity index (χ2n) is 9.63. The Morgan fingerprint density at radius 2 is 1.83 bits per heavy atom. The number of fused-ring (bicyclic) bond motifs is 1. The van der Waals surface area contributed by atoms with Gasteiger partial charge < -0.3 is 9.30 Å². The van der Waals surface area contributed by atoms with Crippen LogP contribution in [0.2, 0.25) is 0 Å². The third-order valence-corrected chi connectivity index (χ3v) is 6.68. The first-order valence-corrected chi connectivity index (χ1v) is 11.5. The number of piperidine rings is 1. The van der Waals surface area contributed by atoms with Gasteiger partial charge in [0.05, 0.1) is 11.9 Å². The summed E-state index contributed by atoms with van der Waals surface area (Å²) in [5.74, 6) is -5.09. The van der Waals surface area contributed by atoms with E-state index in [4.69, 9.17) is 0 Å². The Morgan fingerprint density at radius 3 is 2.47 bits per heavy atom. The lowest BCUT2D eigenvalue weighted by Gasteiger charge is -2.40. The number of alkyl halides is 5. The zero-order chi connectivity index (χ0) is 26.4. The van der Waals surface area contributed by atoms with Crippen molar-refractivity contribution in [2.75, 3.05) is 13.1 Å². The Morgan fingerprint density at radius 1 is 1.11 bits per heavy atom. The SMILES string of the molecule is CC(C)C1CCN(Cc2ccc(-c3cn(C)c(=O)c4cc(F)ccc34)cc2OC(F)(F)F)CC1(F)F. The number of ether oxygens (including phenoxy) is 1. The Hall–Kier alpha value is -3.01. The van der Waals surface area contributed by atoms with E-state index in [1.807, 2.05) is 0 Å². The van der Waals surface area contributed by atoms with E-state index in [1.165, 1.54) is 40.9 Å². The Balaban J connectivity index is 1.74. The summed E-state index contributed by atoms with van der Waals surface area (Å²) in [7, 11) is 1.46. The van der Waals surface area contributed by atoms with E-state index in [0.717, 1.165) is 12.1 Å². The number of pyridine rings is 1. The van der Waals surface area contributed by atoms with Gasteiger partial charge in [0, 0.05) is 36.8 Å². The predicted octanol–water partition coefficient (Wildman–Crippen LogP) is 6.36. The van der Waals surface area contributed by atoms with Gasteiger partial charge in [0.25, 0.3) is 11.5 Å². The van der Waals surface area contributed by atoms with Gasteiger partial charge in [-0.15, -0.1) is 13.2 Å². The van der Waals surface area contributed by atoms with Crippen molar-refractivity contribution in [2.24, 2.45) is 18.9 Å². The van der Waals surface area contributed by atoms with Crippen molar-refractivity contribution in [3.8, 4) is 16.9 Å². The van der Waals surface area contributed by atoms with Gasteiger partial charge in [0.1, 0.15) is 11.6 Å². The van der Waals surface area contributed by atoms with Crippen LogP contribution in [-0.4, -0.2) is 34.8 Å². The van der Waals surface area contributed by atoms with Crippen LogP contribution in [0, 0.1) is 17.7 Å². The molecule has 0 N–H and O–H groups in total. The van der Waals surface area contributed by atoms with Gasteiger partial charge in [-0.3, -0.25) is 9.69 Å². The van der Waals surface area contributed by atoms with Crippen LogP contribution < -0.4 is 10.3 Å². The first-order valence-electron chi connectivity index (χ1n) is 11.5. The van der Waals surface area contributed by atoms with Crippen LogP contribution in [0.1, 0.15) is 25.8 Å². The van der Waals surface area contributed by atoms with Gasteiger partial charge in [0.2, 0.25) is 0 Å². The quantitative estimate of drug-likeness (QED) is 0.374. The number of benzene rings is 2. The van der Waals surface area contributed by atoms with Gasteiger partial charge in [-0.1, -0.05) is 32.0 Å². The second kappa shape index (κ2) is 9.46. The number of halogens is 6. The number of aryl methyl sites for hydroxylation is 1.